The first kappa shape index (κ1) is 13.0. The molecule has 2 rings (SSSR count). The average Bonchev–Trinajstić information content (AvgIpc) is 2.87. The van der Waals surface area contributed by atoms with Crippen molar-refractivity contribution in [1.29, 1.82) is 0 Å². The summed E-state index contributed by atoms with van der Waals surface area (Å²) in [7, 11) is 0. The molecule has 3 nitrogen and oxygen atoms in total. The number of aryl methyl sites for hydroxylation is 1. The van der Waals surface area contributed by atoms with Crippen LogP contribution in [0.1, 0.15) is 24.2 Å². The number of halogens is 1. The standard InChI is InChI=1S/C12H12FNO2S2/c1-7-4-17-6-10(7)8(2)16-12(15)14-9-3-11(13)18-5-9/h3-6,8H,1-2H3,(H,14,15). The highest BCUT2D eigenvalue weighted by atomic mass is 32.1. The quantitative estimate of drug-likeness (QED) is 0.897. The minimum Gasteiger partial charge on any atom is -0.441 e. The number of amides is 1. The Balaban J connectivity index is 1.93. The van der Waals surface area contributed by atoms with Crippen molar-refractivity contribution < 1.29 is 13.9 Å². The lowest BCUT2D eigenvalue weighted by Crippen LogP contribution is -2.15. The normalized spacial score (nSPS) is 12.2. The van der Waals surface area contributed by atoms with E-state index in [1.165, 1.54) is 11.4 Å². The van der Waals surface area contributed by atoms with Gasteiger partial charge in [0.25, 0.3) is 0 Å². The number of hydrogen-bond donors (Lipinski definition) is 1. The molecule has 0 aliphatic rings. The molecule has 18 heavy (non-hydrogen) atoms. The molecule has 0 saturated heterocycles. The summed E-state index contributed by atoms with van der Waals surface area (Å²) < 4.78 is 18.0. The highest BCUT2D eigenvalue weighted by Gasteiger charge is 2.14. The van der Waals surface area contributed by atoms with E-state index < -0.39 is 6.09 Å². The van der Waals surface area contributed by atoms with Crippen molar-refractivity contribution in [3.8, 4) is 0 Å². The number of carbonyl (C=O) groups is 1. The Labute approximate surface area is 112 Å². The summed E-state index contributed by atoms with van der Waals surface area (Å²) in [6.45, 7) is 3.78. The van der Waals surface area contributed by atoms with Crippen LogP contribution in [0, 0.1) is 12.1 Å². The summed E-state index contributed by atoms with van der Waals surface area (Å²) in [5.74, 6) is 0. The minimum absolute atomic E-state index is 0.320. The first-order valence-electron chi connectivity index (χ1n) is 5.30. The fourth-order valence-electron chi connectivity index (χ4n) is 1.53. The Bertz CT molecular complexity index is 550. The molecule has 1 atom stereocenters. The smallest absolute Gasteiger partial charge is 0.412 e. The molecule has 96 valence electrons. The molecular formula is C12H12FNO2S2. The van der Waals surface area contributed by atoms with Crippen LogP contribution >= 0.6 is 22.7 Å². The van der Waals surface area contributed by atoms with Gasteiger partial charge in [-0.05, 0) is 30.2 Å². The predicted octanol–water partition coefficient (Wildman–Crippen LogP) is 4.57. The van der Waals surface area contributed by atoms with Gasteiger partial charge in [-0.2, -0.15) is 15.7 Å². The second kappa shape index (κ2) is 5.49. The molecule has 1 amide bonds. The van der Waals surface area contributed by atoms with Crippen LogP contribution in [0.2, 0.25) is 0 Å². The summed E-state index contributed by atoms with van der Waals surface area (Å²) in [6.07, 6.45) is -0.898. The fraction of sp³-hybridized carbons (Fsp3) is 0.250. The molecule has 2 aromatic rings. The van der Waals surface area contributed by atoms with E-state index in [-0.39, 0.29) is 11.2 Å². The zero-order chi connectivity index (χ0) is 13.1. The first-order valence-corrected chi connectivity index (χ1v) is 7.13. The molecule has 6 heteroatoms. The van der Waals surface area contributed by atoms with Gasteiger partial charge < -0.3 is 4.74 Å². The van der Waals surface area contributed by atoms with Gasteiger partial charge in [-0.25, -0.2) is 4.79 Å². The number of anilines is 1. The maximum Gasteiger partial charge on any atom is 0.412 e. The van der Waals surface area contributed by atoms with Crippen LogP contribution in [0.15, 0.2) is 22.2 Å². The maximum atomic E-state index is 12.7. The van der Waals surface area contributed by atoms with Crippen LogP contribution in [0.25, 0.3) is 0 Å². The Kier molecular flexibility index (Phi) is 3.98. The van der Waals surface area contributed by atoms with E-state index in [1.807, 2.05) is 24.6 Å². The summed E-state index contributed by atoms with van der Waals surface area (Å²) in [4.78, 5) is 11.6. The van der Waals surface area contributed by atoms with Crippen molar-refractivity contribution in [2.24, 2.45) is 0 Å². The molecule has 0 aliphatic carbocycles. The lowest BCUT2D eigenvalue weighted by atomic mass is 10.1. The van der Waals surface area contributed by atoms with E-state index in [2.05, 4.69) is 5.32 Å². The lowest BCUT2D eigenvalue weighted by molar-refractivity contribution is 0.121. The molecular weight excluding hydrogens is 273 g/mol. The van der Waals surface area contributed by atoms with Crippen molar-refractivity contribution in [3.05, 3.63) is 38.5 Å². The number of carbonyl (C=O) groups excluding carboxylic acids is 1. The number of rotatable bonds is 3. The van der Waals surface area contributed by atoms with Gasteiger partial charge in [0.1, 0.15) is 6.10 Å². The molecule has 1 N–H and O–H groups in total. The number of thiophene rings is 2. The number of hydrogen-bond acceptors (Lipinski definition) is 4. The van der Waals surface area contributed by atoms with Gasteiger partial charge in [0.15, 0.2) is 5.13 Å². The average molecular weight is 285 g/mol. The van der Waals surface area contributed by atoms with Crippen molar-refractivity contribution in [1.82, 2.24) is 0 Å². The van der Waals surface area contributed by atoms with E-state index in [1.54, 1.807) is 11.3 Å². The Morgan fingerprint density at radius 2 is 2.22 bits per heavy atom. The number of ether oxygens (including phenoxy) is 1. The van der Waals surface area contributed by atoms with E-state index in [9.17, 15) is 9.18 Å². The van der Waals surface area contributed by atoms with Crippen molar-refractivity contribution >= 4 is 34.5 Å². The largest absolute Gasteiger partial charge is 0.441 e. The van der Waals surface area contributed by atoms with Gasteiger partial charge in [0, 0.05) is 17.0 Å². The van der Waals surface area contributed by atoms with Crippen LogP contribution < -0.4 is 5.32 Å². The third-order valence-electron chi connectivity index (χ3n) is 2.43. The maximum absolute atomic E-state index is 12.7. The molecule has 0 aromatic carbocycles. The summed E-state index contributed by atoms with van der Waals surface area (Å²) in [5.41, 5.74) is 2.50. The molecule has 0 aliphatic heterocycles. The molecule has 0 radical (unpaired) electrons. The van der Waals surface area contributed by atoms with Gasteiger partial charge in [-0.1, -0.05) is 0 Å². The van der Waals surface area contributed by atoms with E-state index in [0.717, 1.165) is 22.5 Å². The van der Waals surface area contributed by atoms with Gasteiger partial charge in [0.2, 0.25) is 0 Å². The van der Waals surface area contributed by atoms with E-state index in [0.29, 0.717) is 5.69 Å². The van der Waals surface area contributed by atoms with Crippen LogP contribution in [-0.2, 0) is 4.74 Å². The molecule has 0 saturated carbocycles. The topological polar surface area (TPSA) is 38.3 Å². The van der Waals surface area contributed by atoms with Gasteiger partial charge in [-0.15, -0.1) is 11.3 Å². The highest BCUT2D eigenvalue weighted by Crippen LogP contribution is 2.25. The van der Waals surface area contributed by atoms with Crippen molar-refractivity contribution in [3.63, 3.8) is 0 Å². The summed E-state index contributed by atoms with van der Waals surface area (Å²) in [5, 5.41) is 7.63. The van der Waals surface area contributed by atoms with Crippen LogP contribution in [0.5, 0.6) is 0 Å². The molecule has 0 spiro atoms. The van der Waals surface area contributed by atoms with Crippen LogP contribution in [-0.4, -0.2) is 6.09 Å². The highest BCUT2D eigenvalue weighted by molar-refractivity contribution is 7.08. The lowest BCUT2D eigenvalue weighted by Gasteiger charge is -2.13. The fourth-order valence-corrected chi connectivity index (χ4v) is 3.03. The minimum atomic E-state index is -0.578. The first-order chi connectivity index (χ1) is 8.56. The van der Waals surface area contributed by atoms with Crippen LogP contribution in [0.3, 0.4) is 0 Å². The van der Waals surface area contributed by atoms with E-state index >= 15 is 0 Å². The Hall–Kier alpha value is -1.40. The monoisotopic (exact) mass is 285 g/mol. The summed E-state index contributed by atoms with van der Waals surface area (Å²) >= 11 is 2.50. The molecule has 0 fully saturated rings. The van der Waals surface area contributed by atoms with Gasteiger partial charge >= 0.3 is 6.09 Å². The van der Waals surface area contributed by atoms with Crippen molar-refractivity contribution in [2.45, 2.75) is 20.0 Å². The molecule has 0 bridgehead atoms. The molecule has 2 heterocycles. The van der Waals surface area contributed by atoms with Crippen molar-refractivity contribution in [2.75, 3.05) is 5.32 Å². The second-order valence-electron chi connectivity index (χ2n) is 3.82. The zero-order valence-corrected chi connectivity index (χ0v) is 11.5. The Morgan fingerprint density at radius 1 is 1.44 bits per heavy atom. The van der Waals surface area contributed by atoms with Crippen LogP contribution in [0.4, 0.5) is 14.9 Å². The van der Waals surface area contributed by atoms with E-state index in [4.69, 9.17) is 4.74 Å². The number of nitrogens with one attached hydrogen (secondary N) is 1. The molecule has 1 unspecified atom stereocenters. The molecule has 2 aromatic heterocycles. The predicted molar refractivity (Wildman–Crippen MR) is 71.9 cm³/mol. The Morgan fingerprint density at radius 3 is 2.78 bits per heavy atom. The van der Waals surface area contributed by atoms with Gasteiger partial charge in [0.05, 0.1) is 5.69 Å². The second-order valence-corrected chi connectivity index (χ2v) is 5.43. The SMILES string of the molecule is Cc1cscc1C(C)OC(=O)Nc1csc(F)c1. The zero-order valence-electron chi connectivity index (χ0n) is 9.90. The third-order valence-corrected chi connectivity index (χ3v) is 4.03. The third kappa shape index (κ3) is 3.08. The van der Waals surface area contributed by atoms with Gasteiger partial charge in [-0.3, -0.25) is 5.32 Å². The summed E-state index contributed by atoms with van der Waals surface area (Å²) in [6, 6.07) is 1.26.